The number of ether oxygens (including phenoxy) is 1. The molecule has 0 aromatic heterocycles. The summed E-state index contributed by atoms with van der Waals surface area (Å²) in [6.07, 6.45) is 0. The first-order valence-electron chi connectivity index (χ1n) is 5.88. The lowest BCUT2D eigenvalue weighted by Gasteiger charge is -2.20. The van der Waals surface area contributed by atoms with Gasteiger partial charge >= 0.3 is 0 Å². The fourth-order valence-electron chi connectivity index (χ4n) is 1.53. The molecule has 96 valence electrons. The van der Waals surface area contributed by atoms with Crippen LogP contribution in [0.25, 0.3) is 0 Å². The SMILES string of the molecule is CCNCc1ccc(N(C)CCOC)cc1Br. The first kappa shape index (κ1) is 14.5. The van der Waals surface area contributed by atoms with E-state index in [9.17, 15) is 0 Å². The van der Waals surface area contributed by atoms with Crippen molar-refractivity contribution in [2.75, 3.05) is 38.8 Å². The number of benzene rings is 1. The summed E-state index contributed by atoms with van der Waals surface area (Å²) in [5.41, 5.74) is 2.49. The normalized spacial score (nSPS) is 10.6. The van der Waals surface area contributed by atoms with E-state index in [-0.39, 0.29) is 0 Å². The van der Waals surface area contributed by atoms with Crippen LogP contribution in [0, 0.1) is 0 Å². The lowest BCUT2D eigenvalue weighted by molar-refractivity contribution is 0.206. The van der Waals surface area contributed by atoms with E-state index in [4.69, 9.17) is 4.74 Å². The summed E-state index contributed by atoms with van der Waals surface area (Å²) in [7, 11) is 3.80. The highest BCUT2D eigenvalue weighted by molar-refractivity contribution is 9.10. The van der Waals surface area contributed by atoms with Gasteiger partial charge in [0, 0.05) is 37.4 Å². The standard InChI is InChI=1S/C13H21BrN2O/c1-4-15-10-11-5-6-12(9-13(11)14)16(2)7-8-17-3/h5-6,9,15H,4,7-8,10H2,1-3H3. The molecule has 4 heteroatoms. The van der Waals surface area contributed by atoms with Gasteiger partial charge in [0.05, 0.1) is 6.61 Å². The third-order valence-electron chi connectivity index (χ3n) is 2.67. The summed E-state index contributed by atoms with van der Waals surface area (Å²) >= 11 is 3.62. The molecule has 1 aromatic carbocycles. The van der Waals surface area contributed by atoms with E-state index in [1.807, 2.05) is 0 Å². The number of nitrogens with zero attached hydrogens (tertiary/aromatic N) is 1. The summed E-state index contributed by atoms with van der Waals surface area (Å²) in [5.74, 6) is 0. The van der Waals surface area contributed by atoms with Crippen LogP contribution in [0.5, 0.6) is 0 Å². The molecule has 0 bridgehead atoms. The topological polar surface area (TPSA) is 24.5 Å². The lowest BCUT2D eigenvalue weighted by Crippen LogP contribution is -2.22. The molecule has 0 aliphatic rings. The average molecular weight is 301 g/mol. The van der Waals surface area contributed by atoms with Crippen molar-refractivity contribution in [1.29, 1.82) is 0 Å². The van der Waals surface area contributed by atoms with Crippen molar-refractivity contribution < 1.29 is 4.74 Å². The van der Waals surface area contributed by atoms with Gasteiger partial charge in [-0.2, -0.15) is 0 Å². The van der Waals surface area contributed by atoms with E-state index < -0.39 is 0 Å². The van der Waals surface area contributed by atoms with Gasteiger partial charge in [-0.05, 0) is 24.2 Å². The Morgan fingerprint density at radius 1 is 1.41 bits per heavy atom. The van der Waals surface area contributed by atoms with Crippen LogP contribution in [0.3, 0.4) is 0 Å². The zero-order valence-corrected chi connectivity index (χ0v) is 12.4. The Bertz CT molecular complexity index is 344. The fraction of sp³-hybridized carbons (Fsp3) is 0.538. The molecule has 0 aliphatic carbocycles. The summed E-state index contributed by atoms with van der Waals surface area (Å²) in [6.45, 7) is 5.64. The quantitative estimate of drug-likeness (QED) is 0.838. The Labute approximate surface area is 112 Å². The number of hydrogen-bond donors (Lipinski definition) is 1. The number of nitrogens with one attached hydrogen (secondary N) is 1. The zero-order valence-electron chi connectivity index (χ0n) is 10.8. The monoisotopic (exact) mass is 300 g/mol. The minimum atomic E-state index is 0.743. The largest absolute Gasteiger partial charge is 0.383 e. The molecule has 0 amide bonds. The lowest BCUT2D eigenvalue weighted by atomic mass is 10.2. The van der Waals surface area contributed by atoms with Gasteiger partial charge in [0.1, 0.15) is 0 Å². The second-order valence-electron chi connectivity index (χ2n) is 3.97. The van der Waals surface area contributed by atoms with Gasteiger partial charge < -0.3 is 15.0 Å². The molecule has 0 atom stereocenters. The molecule has 1 rings (SSSR count). The zero-order chi connectivity index (χ0) is 12.7. The predicted octanol–water partition coefficient (Wildman–Crippen LogP) is 2.64. The predicted molar refractivity (Wildman–Crippen MR) is 76.7 cm³/mol. The molecule has 3 nitrogen and oxygen atoms in total. The minimum Gasteiger partial charge on any atom is -0.383 e. The maximum atomic E-state index is 5.08. The smallest absolute Gasteiger partial charge is 0.0637 e. The maximum Gasteiger partial charge on any atom is 0.0637 e. The van der Waals surface area contributed by atoms with E-state index in [0.29, 0.717) is 0 Å². The molecule has 0 radical (unpaired) electrons. The third-order valence-corrected chi connectivity index (χ3v) is 3.41. The number of methoxy groups -OCH3 is 1. The van der Waals surface area contributed by atoms with Crippen LogP contribution in [0.15, 0.2) is 22.7 Å². The van der Waals surface area contributed by atoms with Gasteiger partial charge in [0.2, 0.25) is 0 Å². The molecule has 0 saturated carbocycles. The van der Waals surface area contributed by atoms with Gasteiger partial charge in [0.25, 0.3) is 0 Å². The summed E-state index contributed by atoms with van der Waals surface area (Å²) in [6, 6.07) is 6.46. The van der Waals surface area contributed by atoms with E-state index in [1.54, 1.807) is 7.11 Å². The third kappa shape index (κ3) is 4.66. The van der Waals surface area contributed by atoms with Crippen LogP contribution in [-0.2, 0) is 11.3 Å². The summed E-state index contributed by atoms with van der Waals surface area (Å²) in [5, 5.41) is 3.32. The van der Waals surface area contributed by atoms with Crippen molar-refractivity contribution >= 4 is 21.6 Å². The van der Waals surface area contributed by atoms with E-state index in [1.165, 1.54) is 11.3 Å². The molecule has 17 heavy (non-hydrogen) atoms. The molecule has 1 N–H and O–H groups in total. The highest BCUT2D eigenvalue weighted by Gasteiger charge is 2.04. The van der Waals surface area contributed by atoms with E-state index >= 15 is 0 Å². The molecule has 0 fully saturated rings. The van der Waals surface area contributed by atoms with Crippen molar-refractivity contribution in [3.63, 3.8) is 0 Å². The first-order chi connectivity index (χ1) is 8.19. The second kappa shape index (κ2) is 7.69. The van der Waals surface area contributed by atoms with Gasteiger partial charge in [-0.25, -0.2) is 0 Å². The van der Waals surface area contributed by atoms with Crippen LogP contribution in [0.2, 0.25) is 0 Å². The molecule has 1 aromatic rings. The van der Waals surface area contributed by atoms with Crippen molar-refractivity contribution in [1.82, 2.24) is 5.32 Å². The van der Waals surface area contributed by atoms with Crippen LogP contribution in [0.4, 0.5) is 5.69 Å². The first-order valence-corrected chi connectivity index (χ1v) is 6.67. The molecular formula is C13H21BrN2O. The Morgan fingerprint density at radius 2 is 2.18 bits per heavy atom. The molecule has 0 saturated heterocycles. The number of rotatable bonds is 7. The minimum absolute atomic E-state index is 0.743. The highest BCUT2D eigenvalue weighted by Crippen LogP contribution is 2.23. The van der Waals surface area contributed by atoms with E-state index in [2.05, 4.69) is 58.3 Å². The van der Waals surface area contributed by atoms with Crippen LogP contribution in [-0.4, -0.2) is 33.9 Å². The summed E-state index contributed by atoms with van der Waals surface area (Å²) in [4.78, 5) is 2.19. The number of anilines is 1. The summed E-state index contributed by atoms with van der Waals surface area (Å²) < 4.78 is 6.23. The van der Waals surface area contributed by atoms with Crippen LogP contribution >= 0.6 is 15.9 Å². The second-order valence-corrected chi connectivity index (χ2v) is 4.82. The van der Waals surface area contributed by atoms with Crippen molar-refractivity contribution in [3.8, 4) is 0 Å². The van der Waals surface area contributed by atoms with Crippen LogP contribution < -0.4 is 10.2 Å². The average Bonchev–Trinajstić information content (AvgIpc) is 2.34. The van der Waals surface area contributed by atoms with E-state index in [0.717, 1.165) is 30.7 Å². The Kier molecular flexibility index (Phi) is 6.55. The Hall–Kier alpha value is -0.580. The van der Waals surface area contributed by atoms with Gasteiger partial charge in [-0.3, -0.25) is 0 Å². The Balaban J connectivity index is 2.67. The van der Waals surface area contributed by atoms with Gasteiger partial charge in [0.15, 0.2) is 0 Å². The molecule has 0 heterocycles. The Morgan fingerprint density at radius 3 is 2.76 bits per heavy atom. The highest BCUT2D eigenvalue weighted by atomic mass is 79.9. The molecule has 0 unspecified atom stereocenters. The van der Waals surface area contributed by atoms with Crippen molar-refractivity contribution in [2.24, 2.45) is 0 Å². The number of hydrogen-bond acceptors (Lipinski definition) is 3. The van der Waals surface area contributed by atoms with Crippen molar-refractivity contribution in [3.05, 3.63) is 28.2 Å². The fourth-order valence-corrected chi connectivity index (χ4v) is 2.04. The van der Waals surface area contributed by atoms with Gasteiger partial charge in [-0.15, -0.1) is 0 Å². The van der Waals surface area contributed by atoms with Gasteiger partial charge in [-0.1, -0.05) is 28.9 Å². The molecule has 0 aliphatic heterocycles. The molecule has 0 spiro atoms. The van der Waals surface area contributed by atoms with Crippen molar-refractivity contribution in [2.45, 2.75) is 13.5 Å². The molecular weight excluding hydrogens is 280 g/mol. The maximum absolute atomic E-state index is 5.08. The van der Waals surface area contributed by atoms with Crippen LogP contribution in [0.1, 0.15) is 12.5 Å². The number of halogens is 1. The number of likely N-dealkylation sites (N-methyl/N-ethyl adjacent to an activating group) is 1.